The monoisotopic (exact) mass is 309 g/mol. The molecule has 1 aliphatic carbocycles. The van der Waals surface area contributed by atoms with Gasteiger partial charge in [-0.15, -0.1) is 0 Å². The number of hydrogen-bond acceptors (Lipinski definition) is 2. The van der Waals surface area contributed by atoms with Gasteiger partial charge >= 0.3 is 0 Å². The average Bonchev–Trinajstić information content (AvgIpc) is 2.32. The number of carbonyl (C=O) groups excluding carboxylic acids is 1. The molecule has 1 fully saturated rings. The van der Waals surface area contributed by atoms with Crippen LogP contribution in [0.3, 0.4) is 0 Å². The first-order valence-corrected chi connectivity index (χ1v) is 7.35. The molecule has 2 unspecified atom stereocenters. The number of nitrogens with two attached hydrogens (primary N) is 1. The van der Waals surface area contributed by atoms with Crippen molar-refractivity contribution in [2.75, 3.05) is 0 Å². The summed E-state index contributed by atoms with van der Waals surface area (Å²) in [5.74, 6) is 0.758. The van der Waals surface area contributed by atoms with E-state index in [1.165, 1.54) is 6.42 Å². The maximum Gasteiger partial charge on any atom is 0.157 e. The Balaban J connectivity index is 2.04. The van der Waals surface area contributed by atoms with E-state index in [4.69, 9.17) is 5.73 Å². The molecule has 98 valence electrons. The van der Waals surface area contributed by atoms with Crippen LogP contribution in [-0.2, 0) is 11.2 Å². The summed E-state index contributed by atoms with van der Waals surface area (Å²) in [5, 5.41) is 0. The number of rotatable bonds is 3. The van der Waals surface area contributed by atoms with Crippen LogP contribution in [0.25, 0.3) is 0 Å². The van der Waals surface area contributed by atoms with E-state index in [9.17, 15) is 4.79 Å². The molecule has 3 heteroatoms. The van der Waals surface area contributed by atoms with Crippen LogP contribution in [0.1, 0.15) is 38.2 Å². The Hall–Kier alpha value is -0.670. The Morgan fingerprint density at radius 1 is 1.44 bits per heavy atom. The summed E-state index contributed by atoms with van der Waals surface area (Å²) < 4.78 is 1.03. The number of carbonyl (C=O) groups is 1. The van der Waals surface area contributed by atoms with Gasteiger partial charge in [0.2, 0.25) is 0 Å². The maximum absolute atomic E-state index is 12.4. The largest absolute Gasteiger partial charge is 0.319 e. The summed E-state index contributed by atoms with van der Waals surface area (Å²) in [5.41, 5.74) is 6.77. The zero-order chi connectivity index (χ0) is 13.2. The summed E-state index contributed by atoms with van der Waals surface area (Å²) in [6, 6.07) is 7.90. The van der Waals surface area contributed by atoms with Gasteiger partial charge in [-0.3, -0.25) is 4.79 Å². The van der Waals surface area contributed by atoms with Crippen molar-refractivity contribution >= 4 is 21.7 Å². The molecule has 0 radical (unpaired) electrons. The van der Waals surface area contributed by atoms with Crippen LogP contribution < -0.4 is 5.73 Å². The summed E-state index contributed by atoms with van der Waals surface area (Å²) in [7, 11) is 0. The minimum atomic E-state index is -0.593. The van der Waals surface area contributed by atoms with E-state index >= 15 is 0 Å². The molecule has 0 aromatic heterocycles. The van der Waals surface area contributed by atoms with Gasteiger partial charge in [-0.25, -0.2) is 0 Å². The second-order valence-electron chi connectivity index (χ2n) is 5.58. The Morgan fingerprint density at radius 3 is 2.72 bits per heavy atom. The van der Waals surface area contributed by atoms with Gasteiger partial charge in [0.1, 0.15) is 0 Å². The lowest BCUT2D eigenvalue weighted by Crippen LogP contribution is -2.51. The van der Waals surface area contributed by atoms with E-state index in [2.05, 4.69) is 22.9 Å². The van der Waals surface area contributed by atoms with Crippen molar-refractivity contribution in [3.8, 4) is 0 Å². The highest BCUT2D eigenvalue weighted by molar-refractivity contribution is 9.10. The van der Waals surface area contributed by atoms with Gasteiger partial charge in [-0.05, 0) is 36.5 Å². The van der Waals surface area contributed by atoms with Crippen LogP contribution in [0, 0.1) is 5.92 Å². The summed E-state index contributed by atoms with van der Waals surface area (Å²) in [6.07, 6.45) is 4.40. The fraction of sp³-hybridized carbons (Fsp3) is 0.533. The predicted octanol–water partition coefficient (Wildman–Crippen LogP) is 3.47. The average molecular weight is 310 g/mol. The minimum absolute atomic E-state index is 0.191. The van der Waals surface area contributed by atoms with Crippen LogP contribution in [0.15, 0.2) is 28.7 Å². The second-order valence-corrected chi connectivity index (χ2v) is 6.50. The fourth-order valence-corrected chi connectivity index (χ4v) is 3.07. The molecule has 18 heavy (non-hydrogen) atoms. The van der Waals surface area contributed by atoms with Crippen LogP contribution in [0.2, 0.25) is 0 Å². The standard InChI is InChI=1S/C15H20BrNO/c1-11-3-2-8-15(17,10-11)14(18)9-12-4-6-13(16)7-5-12/h4-7,11H,2-3,8-10,17H2,1H3. The SMILES string of the molecule is CC1CCCC(N)(C(=O)Cc2ccc(Br)cc2)C1. The topological polar surface area (TPSA) is 43.1 Å². The van der Waals surface area contributed by atoms with Gasteiger partial charge in [0.25, 0.3) is 0 Å². The molecule has 1 aromatic rings. The summed E-state index contributed by atoms with van der Waals surface area (Å²) in [4.78, 5) is 12.4. The van der Waals surface area contributed by atoms with Gasteiger partial charge < -0.3 is 5.73 Å². The van der Waals surface area contributed by atoms with Gasteiger partial charge in [0.05, 0.1) is 5.54 Å². The zero-order valence-corrected chi connectivity index (χ0v) is 12.4. The number of Topliss-reactive ketones (excluding diaryl/α,β-unsaturated/α-hetero) is 1. The van der Waals surface area contributed by atoms with Crippen LogP contribution in [0.4, 0.5) is 0 Å². The van der Waals surface area contributed by atoms with Crippen LogP contribution in [0.5, 0.6) is 0 Å². The lowest BCUT2D eigenvalue weighted by molar-refractivity contribution is -0.125. The van der Waals surface area contributed by atoms with Crippen molar-refractivity contribution in [3.63, 3.8) is 0 Å². The lowest BCUT2D eigenvalue weighted by atomic mass is 9.73. The number of halogens is 1. The Kier molecular flexibility index (Phi) is 4.23. The second kappa shape index (κ2) is 5.54. The molecule has 0 spiro atoms. The highest BCUT2D eigenvalue weighted by atomic mass is 79.9. The molecule has 0 amide bonds. The van der Waals surface area contributed by atoms with Crippen molar-refractivity contribution < 1.29 is 4.79 Å². The molecule has 2 atom stereocenters. The predicted molar refractivity (Wildman–Crippen MR) is 77.4 cm³/mol. The third-order valence-electron chi connectivity index (χ3n) is 3.87. The van der Waals surface area contributed by atoms with Gasteiger partial charge in [0, 0.05) is 10.9 Å². The lowest BCUT2D eigenvalue weighted by Gasteiger charge is -2.35. The van der Waals surface area contributed by atoms with Gasteiger partial charge in [0.15, 0.2) is 5.78 Å². The first kappa shape index (κ1) is 13.8. The molecule has 2 nitrogen and oxygen atoms in total. The Bertz CT molecular complexity index is 429. The molecule has 2 N–H and O–H groups in total. The summed E-state index contributed by atoms with van der Waals surface area (Å²) >= 11 is 3.40. The molecule has 0 bridgehead atoms. The van der Waals surface area contributed by atoms with Crippen molar-refractivity contribution in [2.45, 2.75) is 44.6 Å². The molecule has 0 heterocycles. The molecule has 1 aliphatic rings. The molecular weight excluding hydrogens is 290 g/mol. The summed E-state index contributed by atoms with van der Waals surface area (Å²) in [6.45, 7) is 2.19. The quantitative estimate of drug-likeness (QED) is 0.929. The Morgan fingerprint density at radius 2 is 2.11 bits per heavy atom. The minimum Gasteiger partial charge on any atom is -0.319 e. The molecule has 1 saturated carbocycles. The van der Waals surface area contributed by atoms with E-state index in [0.29, 0.717) is 12.3 Å². The Labute approximate surface area is 117 Å². The van der Waals surface area contributed by atoms with Crippen LogP contribution in [-0.4, -0.2) is 11.3 Å². The van der Waals surface area contributed by atoms with Gasteiger partial charge in [-0.1, -0.05) is 47.8 Å². The zero-order valence-electron chi connectivity index (χ0n) is 10.8. The molecular formula is C15H20BrNO. The van der Waals surface area contributed by atoms with Crippen molar-refractivity contribution in [1.82, 2.24) is 0 Å². The highest BCUT2D eigenvalue weighted by Crippen LogP contribution is 2.31. The normalized spacial score (nSPS) is 28.1. The first-order chi connectivity index (χ1) is 8.49. The molecule has 0 aliphatic heterocycles. The van der Waals surface area contributed by atoms with Gasteiger partial charge in [-0.2, -0.15) is 0 Å². The van der Waals surface area contributed by atoms with E-state index in [0.717, 1.165) is 29.3 Å². The van der Waals surface area contributed by atoms with E-state index < -0.39 is 5.54 Å². The maximum atomic E-state index is 12.4. The van der Waals surface area contributed by atoms with Crippen molar-refractivity contribution in [2.24, 2.45) is 11.7 Å². The van der Waals surface area contributed by atoms with Crippen molar-refractivity contribution in [1.29, 1.82) is 0 Å². The van der Waals surface area contributed by atoms with E-state index in [1.807, 2.05) is 24.3 Å². The number of benzene rings is 1. The smallest absolute Gasteiger partial charge is 0.157 e. The van der Waals surface area contributed by atoms with Crippen LogP contribution >= 0.6 is 15.9 Å². The highest BCUT2D eigenvalue weighted by Gasteiger charge is 2.37. The first-order valence-electron chi connectivity index (χ1n) is 6.56. The third-order valence-corrected chi connectivity index (χ3v) is 4.39. The van der Waals surface area contributed by atoms with E-state index in [-0.39, 0.29) is 5.78 Å². The molecule has 0 saturated heterocycles. The third kappa shape index (κ3) is 3.21. The number of ketones is 1. The van der Waals surface area contributed by atoms with Crippen molar-refractivity contribution in [3.05, 3.63) is 34.3 Å². The molecule has 1 aromatic carbocycles. The fourth-order valence-electron chi connectivity index (χ4n) is 2.81. The van der Waals surface area contributed by atoms with E-state index in [1.54, 1.807) is 0 Å². The number of hydrogen-bond donors (Lipinski definition) is 1. The molecule has 2 rings (SSSR count).